The van der Waals surface area contributed by atoms with Gasteiger partial charge in [-0.2, -0.15) is 0 Å². The Morgan fingerprint density at radius 1 is 1.28 bits per heavy atom. The van der Waals surface area contributed by atoms with Gasteiger partial charge in [0, 0.05) is 16.7 Å². The molecule has 0 aromatic rings. The van der Waals surface area contributed by atoms with Gasteiger partial charge in [0.1, 0.15) is 6.17 Å². The minimum atomic E-state index is -2.31. The normalized spacial score (nSPS) is 43.4. The SMILES string of the molecule is CCCCOC(=O)[C@@]1(OC(=O)C(Cl)Cl)CC[C@H]2[C@@H]3C[C@H](F)C4=CC(=O)C=C[C@]4(C)[C@@]3(F)[C@@H](O)C[C@@]21C. The number of carbonyl (C=O) groups is 3. The molecule has 0 bridgehead atoms. The van der Waals surface area contributed by atoms with Crippen molar-refractivity contribution in [1.29, 1.82) is 0 Å². The van der Waals surface area contributed by atoms with Gasteiger partial charge in [-0.15, -0.1) is 0 Å². The van der Waals surface area contributed by atoms with E-state index in [-0.39, 0.29) is 37.9 Å². The first-order chi connectivity index (χ1) is 16.8. The summed E-state index contributed by atoms with van der Waals surface area (Å²) in [5.41, 5.74) is -6.99. The van der Waals surface area contributed by atoms with E-state index in [1.165, 1.54) is 19.1 Å². The molecule has 0 radical (unpaired) electrons. The van der Waals surface area contributed by atoms with Crippen molar-refractivity contribution >= 4 is 40.9 Å². The summed E-state index contributed by atoms with van der Waals surface area (Å²) in [7, 11) is 0. The molecule has 8 atom stereocenters. The Hall–Kier alpha value is -1.51. The summed E-state index contributed by atoms with van der Waals surface area (Å²) in [4.78, 5) is 36.5. The Morgan fingerprint density at radius 2 is 1.97 bits per heavy atom. The third-order valence-corrected chi connectivity index (χ3v) is 9.62. The molecule has 0 aliphatic heterocycles. The number of ether oxygens (including phenoxy) is 2. The molecule has 3 fully saturated rings. The van der Waals surface area contributed by atoms with Gasteiger partial charge in [0.25, 0.3) is 0 Å². The number of alkyl halides is 4. The lowest BCUT2D eigenvalue weighted by molar-refractivity contribution is -0.235. The smallest absolute Gasteiger partial charge is 0.351 e. The van der Waals surface area contributed by atoms with Crippen molar-refractivity contribution in [3.8, 4) is 0 Å². The van der Waals surface area contributed by atoms with E-state index in [4.69, 9.17) is 32.7 Å². The molecule has 0 unspecified atom stereocenters. The van der Waals surface area contributed by atoms with E-state index >= 15 is 8.78 Å². The van der Waals surface area contributed by atoms with E-state index in [9.17, 15) is 19.5 Å². The summed E-state index contributed by atoms with van der Waals surface area (Å²) in [6, 6.07) is 0. The van der Waals surface area contributed by atoms with Gasteiger partial charge in [0.2, 0.25) is 10.4 Å². The van der Waals surface area contributed by atoms with Crippen molar-refractivity contribution in [2.75, 3.05) is 6.61 Å². The summed E-state index contributed by atoms with van der Waals surface area (Å²) < 4.78 is 44.0. The lowest BCUT2D eigenvalue weighted by Crippen LogP contribution is -2.70. The number of ketones is 1. The molecule has 1 N–H and O–H groups in total. The van der Waals surface area contributed by atoms with Crippen LogP contribution in [0.1, 0.15) is 59.3 Å². The number of aliphatic hydroxyl groups is 1. The molecular weight excluding hydrogens is 517 g/mol. The van der Waals surface area contributed by atoms with Crippen molar-refractivity contribution in [3.05, 3.63) is 23.8 Å². The summed E-state index contributed by atoms with van der Waals surface area (Å²) >= 11 is 11.5. The van der Waals surface area contributed by atoms with E-state index in [2.05, 4.69) is 0 Å². The second-order valence-electron chi connectivity index (χ2n) is 10.9. The number of hydrogen-bond acceptors (Lipinski definition) is 6. The molecule has 0 aromatic heterocycles. The van der Waals surface area contributed by atoms with E-state index in [0.29, 0.717) is 6.42 Å². The molecule has 0 heterocycles. The van der Waals surface area contributed by atoms with Gasteiger partial charge < -0.3 is 14.6 Å². The van der Waals surface area contributed by atoms with Crippen LogP contribution in [0.5, 0.6) is 0 Å². The molecule has 0 spiro atoms. The largest absolute Gasteiger partial charge is 0.463 e. The maximum absolute atomic E-state index is 17.2. The fourth-order valence-electron chi connectivity index (χ4n) is 7.38. The molecule has 4 aliphatic carbocycles. The Bertz CT molecular complexity index is 1020. The summed E-state index contributed by atoms with van der Waals surface area (Å²) in [5.74, 6) is -3.93. The zero-order valence-corrected chi connectivity index (χ0v) is 22.1. The van der Waals surface area contributed by atoms with Gasteiger partial charge >= 0.3 is 11.9 Å². The second kappa shape index (κ2) is 9.35. The van der Waals surface area contributed by atoms with Crippen molar-refractivity contribution in [2.24, 2.45) is 22.7 Å². The zero-order chi connectivity index (χ0) is 26.7. The number of halogens is 4. The van der Waals surface area contributed by atoms with Crippen LogP contribution in [0.25, 0.3) is 0 Å². The number of fused-ring (bicyclic) bond motifs is 5. The molecule has 0 aromatic carbocycles. The summed E-state index contributed by atoms with van der Waals surface area (Å²) in [5, 5.41) is 11.4. The predicted molar refractivity (Wildman–Crippen MR) is 129 cm³/mol. The molecule has 200 valence electrons. The minimum absolute atomic E-state index is 0.00461. The van der Waals surface area contributed by atoms with Crippen molar-refractivity contribution in [2.45, 2.75) is 87.7 Å². The van der Waals surface area contributed by atoms with Crippen molar-refractivity contribution in [3.63, 3.8) is 0 Å². The van der Waals surface area contributed by atoms with Gasteiger partial charge in [-0.05, 0) is 62.7 Å². The number of allylic oxidation sites excluding steroid dienone is 4. The van der Waals surface area contributed by atoms with E-state index in [1.54, 1.807) is 6.92 Å². The first-order valence-electron chi connectivity index (χ1n) is 12.4. The molecule has 6 nitrogen and oxygen atoms in total. The standard InChI is InChI=1S/C26H32Cl2F2O6/c1-4-5-10-35-22(34)25(36-21(33)20(27)28)9-7-15-16-12-18(29)17-11-14(31)6-8-23(17,2)26(16,30)19(32)13-24(15,25)3/h6,8,11,15-16,18-20,32H,4-5,7,9-10,12-13H2,1-3H3/t15-,16-,18-,19-,23-,24-,25-,26-/m0/s1. The average Bonchev–Trinajstić information content (AvgIpc) is 3.09. The Labute approximate surface area is 219 Å². The number of unbranched alkanes of at least 4 members (excludes halogenated alkanes) is 1. The Morgan fingerprint density at radius 3 is 2.61 bits per heavy atom. The highest BCUT2D eigenvalue weighted by molar-refractivity contribution is 6.53. The first kappa shape index (κ1) is 27.5. The van der Waals surface area contributed by atoms with Crippen molar-refractivity contribution in [1.82, 2.24) is 0 Å². The van der Waals surface area contributed by atoms with Crippen molar-refractivity contribution < 1.29 is 37.7 Å². The highest BCUT2D eigenvalue weighted by Crippen LogP contribution is 2.70. The van der Waals surface area contributed by atoms with E-state index in [0.717, 1.165) is 12.5 Å². The molecule has 4 rings (SSSR count). The van der Waals surface area contributed by atoms with Gasteiger partial charge in [-0.3, -0.25) is 4.79 Å². The van der Waals surface area contributed by atoms with Gasteiger partial charge in [-0.25, -0.2) is 18.4 Å². The number of hydrogen-bond donors (Lipinski definition) is 1. The maximum atomic E-state index is 17.2. The Balaban J connectivity index is 1.79. The third kappa shape index (κ3) is 3.69. The average molecular weight is 549 g/mol. The van der Waals surface area contributed by atoms with Crippen LogP contribution in [0.3, 0.4) is 0 Å². The zero-order valence-electron chi connectivity index (χ0n) is 20.6. The topological polar surface area (TPSA) is 89.9 Å². The lowest BCUT2D eigenvalue weighted by atomic mass is 9.44. The van der Waals surface area contributed by atoms with Crippen LogP contribution in [-0.2, 0) is 23.9 Å². The second-order valence-corrected chi connectivity index (χ2v) is 12.0. The van der Waals surface area contributed by atoms with Crippen LogP contribution in [-0.4, -0.2) is 57.8 Å². The quantitative estimate of drug-likeness (QED) is 0.293. The fraction of sp³-hybridized carbons (Fsp3) is 0.731. The molecule has 36 heavy (non-hydrogen) atoms. The Kier molecular flexibility index (Phi) is 7.15. The van der Waals surface area contributed by atoms with Gasteiger partial charge in [0.05, 0.1) is 12.7 Å². The lowest BCUT2D eigenvalue weighted by Gasteiger charge is -2.63. The third-order valence-electron chi connectivity index (χ3n) is 9.26. The highest BCUT2D eigenvalue weighted by Gasteiger charge is 2.77. The van der Waals surface area contributed by atoms with Crippen LogP contribution in [0, 0.1) is 22.7 Å². The van der Waals surface area contributed by atoms with Crippen LogP contribution < -0.4 is 0 Å². The molecule has 0 saturated heterocycles. The predicted octanol–water partition coefficient (Wildman–Crippen LogP) is 4.73. The fourth-order valence-corrected chi connectivity index (χ4v) is 7.47. The monoisotopic (exact) mass is 548 g/mol. The van der Waals surface area contributed by atoms with E-state index in [1.807, 2.05) is 6.92 Å². The van der Waals surface area contributed by atoms with Crippen LogP contribution in [0.15, 0.2) is 23.8 Å². The summed E-state index contributed by atoms with van der Waals surface area (Å²) in [6.45, 7) is 5.17. The summed E-state index contributed by atoms with van der Waals surface area (Å²) in [6.07, 6.45) is 1.46. The molecule has 4 aliphatic rings. The van der Waals surface area contributed by atoms with Gasteiger partial charge in [0.15, 0.2) is 11.5 Å². The minimum Gasteiger partial charge on any atom is -0.463 e. The van der Waals surface area contributed by atoms with Crippen LogP contribution in [0.4, 0.5) is 8.78 Å². The number of rotatable bonds is 6. The molecule has 3 saturated carbocycles. The molecular formula is C26H32Cl2F2O6. The first-order valence-corrected chi connectivity index (χ1v) is 13.3. The maximum Gasteiger partial charge on any atom is 0.351 e. The highest BCUT2D eigenvalue weighted by atomic mass is 35.5. The number of carbonyl (C=O) groups excluding carboxylic acids is 3. The molecule has 10 heteroatoms. The molecule has 0 amide bonds. The number of aliphatic hydroxyl groups excluding tert-OH is 1. The van der Waals surface area contributed by atoms with Gasteiger partial charge in [-0.1, -0.05) is 49.5 Å². The number of esters is 2. The van der Waals surface area contributed by atoms with E-state index < -0.39 is 68.8 Å². The van der Waals surface area contributed by atoms with Crippen LogP contribution in [0.2, 0.25) is 0 Å². The van der Waals surface area contributed by atoms with Crippen LogP contribution >= 0.6 is 23.2 Å².